The zero-order valence-electron chi connectivity index (χ0n) is 5.85. The third kappa shape index (κ3) is 0.849. The summed E-state index contributed by atoms with van der Waals surface area (Å²) in [5.41, 5.74) is 5.91. The van der Waals surface area contributed by atoms with E-state index in [9.17, 15) is 4.79 Å². The van der Waals surface area contributed by atoms with Crippen LogP contribution in [0.4, 0.5) is 11.8 Å². The Morgan fingerprint density at radius 1 is 1.55 bits per heavy atom. The molecule has 0 aliphatic carbocycles. The molecule has 0 fully saturated rings. The zero-order valence-corrected chi connectivity index (χ0v) is 5.85. The number of fused-ring (bicyclic) bond motifs is 1. The van der Waals surface area contributed by atoms with E-state index in [0.29, 0.717) is 11.4 Å². The largest absolute Gasteiger partial charge is 0.369 e. The molecule has 0 saturated heterocycles. The minimum absolute atomic E-state index is 0.127. The van der Waals surface area contributed by atoms with E-state index in [1.807, 2.05) is 0 Å². The van der Waals surface area contributed by atoms with Gasteiger partial charge in [-0.1, -0.05) is 0 Å². The monoisotopic (exact) mass is 152 g/mol. The van der Waals surface area contributed by atoms with Crippen LogP contribution < -0.4 is 16.6 Å². The number of nitrogens with one attached hydrogen (secondary N) is 2. The van der Waals surface area contributed by atoms with Crippen molar-refractivity contribution in [1.82, 2.24) is 9.97 Å². The van der Waals surface area contributed by atoms with E-state index in [1.165, 1.54) is 0 Å². The first-order chi connectivity index (χ1) is 5.27. The maximum absolute atomic E-state index is 11.1. The molecule has 0 radical (unpaired) electrons. The highest BCUT2D eigenvalue weighted by Gasteiger charge is 2.15. The molecule has 0 amide bonds. The van der Waals surface area contributed by atoms with Gasteiger partial charge in [0.25, 0.3) is 5.56 Å². The summed E-state index contributed by atoms with van der Waals surface area (Å²) >= 11 is 0. The number of anilines is 2. The Balaban J connectivity index is 2.70. The van der Waals surface area contributed by atoms with Crippen LogP contribution in [-0.4, -0.2) is 16.5 Å². The molecule has 1 aliphatic rings. The van der Waals surface area contributed by atoms with Gasteiger partial charge in [0.05, 0.1) is 5.56 Å². The van der Waals surface area contributed by atoms with Gasteiger partial charge in [-0.2, -0.15) is 4.98 Å². The van der Waals surface area contributed by atoms with Gasteiger partial charge in [-0.05, 0) is 6.42 Å². The highest BCUT2D eigenvalue weighted by Crippen LogP contribution is 2.14. The molecule has 2 rings (SSSR count). The highest BCUT2D eigenvalue weighted by molar-refractivity contribution is 5.49. The fraction of sp³-hybridized carbons (Fsp3) is 0.333. The molecule has 0 saturated carbocycles. The molecule has 0 spiro atoms. The van der Waals surface area contributed by atoms with Crippen molar-refractivity contribution >= 4 is 11.8 Å². The van der Waals surface area contributed by atoms with Gasteiger partial charge in [0.2, 0.25) is 5.95 Å². The number of H-pyrrole nitrogens is 1. The van der Waals surface area contributed by atoms with Crippen molar-refractivity contribution in [1.29, 1.82) is 0 Å². The number of nitrogens with two attached hydrogens (primary N) is 1. The molecule has 0 unspecified atom stereocenters. The summed E-state index contributed by atoms with van der Waals surface area (Å²) in [6, 6.07) is 0. The molecule has 1 aromatic rings. The average molecular weight is 152 g/mol. The molecule has 11 heavy (non-hydrogen) atoms. The third-order valence-corrected chi connectivity index (χ3v) is 1.70. The van der Waals surface area contributed by atoms with E-state index in [1.54, 1.807) is 0 Å². The summed E-state index contributed by atoms with van der Waals surface area (Å²) in [4.78, 5) is 17.5. The van der Waals surface area contributed by atoms with Crippen LogP contribution >= 0.6 is 0 Å². The molecule has 2 heterocycles. The molecular formula is C6H8N4O. The summed E-state index contributed by atoms with van der Waals surface area (Å²) in [5, 5.41) is 2.97. The molecule has 4 N–H and O–H groups in total. The van der Waals surface area contributed by atoms with E-state index >= 15 is 0 Å². The van der Waals surface area contributed by atoms with Crippen molar-refractivity contribution in [2.24, 2.45) is 0 Å². The van der Waals surface area contributed by atoms with Crippen molar-refractivity contribution in [3.8, 4) is 0 Å². The standard InChI is InChI=1S/C6H8N4O/c7-6-9-4-3(1-2-8-4)5(11)10-6/h1-2H2,(H4,7,8,9,10,11). The second kappa shape index (κ2) is 1.98. The normalized spacial score (nSPS) is 14.2. The van der Waals surface area contributed by atoms with Gasteiger partial charge < -0.3 is 11.1 Å². The molecule has 58 valence electrons. The molecule has 0 atom stereocenters. The summed E-state index contributed by atoms with van der Waals surface area (Å²) < 4.78 is 0. The van der Waals surface area contributed by atoms with Crippen molar-refractivity contribution in [3.05, 3.63) is 15.9 Å². The lowest BCUT2D eigenvalue weighted by Gasteiger charge is -1.97. The Hall–Kier alpha value is -1.52. The van der Waals surface area contributed by atoms with Crippen LogP contribution in [-0.2, 0) is 6.42 Å². The quantitative estimate of drug-likeness (QED) is 0.460. The average Bonchev–Trinajstić information content (AvgIpc) is 2.34. The van der Waals surface area contributed by atoms with Gasteiger partial charge in [0, 0.05) is 6.54 Å². The highest BCUT2D eigenvalue weighted by atomic mass is 16.1. The summed E-state index contributed by atoms with van der Waals surface area (Å²) in [6.07, 6.45) is 0.734. The first kappa shape index (κ1) is 6.21. The lowest BCUT2D eigenvalue weighted by molar-refractivity contribution is 1.06. The molecule has 1 aromatic heterocycles. The van der Waals surface area contributed by atoms with Crippen molar-refractivity contribution in [2.75, 3.05) is 17.6 Å². The van der Waals surface area contributed by atoms with E-state index in [0.717, 1.165) is 13.0 Å². The second-order valence-electron chi connectivity index (χ2n) is 2.46. The van der Waals surface area contributed by atoms with Gasteiger partial charge in [-0.25, -0.2) is 0 Å². The lowest BCUT2D eigenvalue weighted by atomic mass is 10.3. The summed E-state index contributed by atoms with van der Waals surface area (Å²) in [5.74, 6) is 0.800. The third-order valence-electron chi connectivity index (χ3n) is 1.70. The van der Waals surface area contributed by atoms with E-state index in [4.69, 9.17) is 5.73 Å². The maximum Gasteiger partial charge on any atom is 0.257 e. The van der Waals surface area contributed by atoms with E-state index < -0.39 is 0 Å². The SMILES string of the molecule is Nc1nc2c(c(=O)[nH]1)CCN2. The maximum atomic E-state index is 11.1. The van der Waals surface area contributed by atoms with Crippen molar-refractivity contribution in [2.45, 2.75) is 6.42 Å². The molecule has 0 aromatic carbocycles. The number of aromatic amines is 1. The van der Waals surface area contributed by atoms with Crippen molar-refractivity contribution in [3.63, 3.8) is 0 Å². The number of nitrogens with zero attached hydrogens (tertiary/aromatic N) is 1. The predicted octanol–water partition coefficient (Wildman–Crippen LogP) is -0.680. The lowest BCUT2D eigenvalue weighted by Crippen LogP contribution is -2.14. The minimum atomic E-state index is -0.127. The van der Waals surface area contributed by atoms with Gasteiger partial charge >= 0.3 is 0 Å². The molecule has 0 bridgehead atoms. The number of rotatable bonds is 0. The van der Waals surface area contributed by atoms with Crippen LogP contribution in [0, 0.1) is 0 Å². The fourth-order valence-electron chi connectivity index (χ4n) is 1.20. The Morgan fingerprint density at radius 3 is 3.18 bits per heavy atom. The van der Waals surface area contributed by atoms with Crippen LogP contribution in [0.25, 0.3) is 0 Å². The van der Waals surface area contributed by atoms with Crippen LogP contribution in [0.5, 0.6) is 0 Å². The van der Waals surface area contributed by atoms with Crippen molar-refractivity contribution < 1.29 is 0 Å². The number of aromatic nitrogens is 2. The molecule has 5 nitrogen and oxygen atoms in total. The Bertz CT molecular complexity index is 343. The van der Waals surface area contributed by atoms with Crippen LogP contribution in [0.15, 0.2) is 4.79 Å². The van der Waals surface area contributed by atoms with Crippen LogP contribution in [0.2, 0.25) is 0 Å². The van der Waals surface area contributed by atoms with E-state index in [-0.39, 0.29) is 11.5 Å². The zero-order chi connectivity index (χ0) is 7.84. The van der Waals surface area contributed by atoms with Gasteiger partial charge in [0.15, 0.2) is 0 Å². The second-order valence-corrected chi connectivity index (χ2v) is 2.46. The fourth-order valence-corrected chi connectivity index (χ4v) is 1.20. The van der Waals surface area contributed by atoms with Crippen LogP contribution in [0.1, 0.15) is 5.56 Å². The van der Waals surface area contributed by atoms with Gasteiger partial charge in [0.1, 0.15) is 5.82 Å². The number of nitrogen functional groups attached to an aromatic ring is 1. The smallest absolute Gasteiger partial charge is 0.257 e. The Morgan fingerprint density at radius 2 is 2.36 bits per heavy atom. The van der Waals surface area contributed by atoms with Crippen LogP contribution in [0.3, 0.4) is 0 Å². The summed E-state index contributed by atoms with van der Waals surface area (Å²) in [6.45, 7) is 0.773. The minimum Gasteiger partial charge on any atom is -0.369 e. The van der Waals surface area contributed by atoms with Gasteiger partial charge in [-0.15, -0.1) is 0 Å². The first-order valence-corrected chi connectivity index (χ1v) is 3.40. The molecule has 5 heteroatoms. The molecule has 1 aliphatic heterocycles. The Labute approximate surface area is 62.6 Å². The van der Waals surface area contributed by atoms with Gasteiger partial charge in [-0.3, -0.25) is 9.78 Å². The molecular weight excluding hydrogens is 144 g/mol. The first-order valence-electron chi connectivity index (χ1n) is 3.40. The summed E-state index contributed by atoms with van der Waals surface area (Å²) in [7, 11) is 0. The predicted molar refractivity (Wildman–Crippen MR) is 41.5 cm³/mol. The topological polar surface area (TPSA) is 83.8 Å². The Kier molecular flexibility index (Phi) is 1.12. The number of hydrogen-bond acceptors (Lipinski definition) is 4. The number of hydrogen-bond donors (Lipinski definition) is 3. The van der Waals surface area contributed by atoms with E-state index in [2.05, 4.69) is 15.3 Å².